The highest BCUT2D eigenvalue weighted by molar-refractivity contribution is 6.32. The van der Waals surface area contributed by atoms with Crippen LogP contribution in [0, 0.1) is 0 Å². The molecule has 6 N–H and O–H groups in total. The fourth-order valence-electron chi connectivity index (χ4n) is 3.07. The van der Waals surface area contributed by atoms with E-state index in [1.807, 2.05) is 6.07 Å². The second-order valence-electron chi connectivity index (χ2n) is 5.75. The van der Waals surface area contributed by atoms with Gasteiger partial charge in [-0.1, -0.05) is 41.9 Å². The molecule has 2 amide bonds. The fourth-order valence-corrected chi connectivity index (χ4v) is 3.35. The number of nitrogens with one attached hydrogen (secondary N) is 1. The summed E-state index contributed by atoms with van der Waals surface area (Å²) in [5.74, 6) is -2.20. The number of hydrogen-bond acceptors (Lipinski definition) is 4. The van der Waals surface area contributed by atoms with Crippen LogP contribution < -0.4 is 11.1 Å². The van der Waals surface area contributed by atoms with E-state index in [4.69, 9.17) is 17.3 Å². The first-order chi connectivity index (χ1) is 11.4. The number of carbonyl (C=O) groups is 3. The lowest BCUT2D eigenvalue weighted by atomic mass is 9.86. The smallest absolute Gasteiger partial charge is 0.353 e. The Kier molecular flexibility index (Phi) is 5.46. The number of rotatable bonds is 4. The van der Waals surface area contributed by atoms with E-state index in [1.54, 1.807) is 24.3 Å². The van der Waals surface area contributed by atoms with Gasteiger partial charge in [0.25, 0.3) is 5.91 Å². The van der Waals surface area contributed by atoms with E-state index in [1.165, 1.54) is 0 Å². The van der Waals surface area contributed by atoms with Crippen LogP contribution in [0.4, 0.5) is 0 Å². The normalized spacial score (nSPS) is 23.1. The minimum Gasteiger partial charge on any atom is -0.477 e. The van der Waals surface area contributed by atoms with Gasteiger partial charge in [-0.15, -0.1) is 0 Å². The number of fused-ring (bicyclic) bond motifs is 1. The Labute approximate surface area is 148 Å². The number of carboxylic acids is 1. The first kappa shape index (κ1) is 18.9. The Bertz CT molecular complexity index is 737. The number of β-lactam (4-membered cyclic amide) rings is 1. The molecule has 2 aliphatic heterocycles. The third-order valence-electron chi connectivity index (χ3n) is 4.32. The van der Waals surface area contributed by atoms with Gasteiger partial charge in [-0.3, -0.25) is 14.5 Å². The van der Waals surface area contributed by atoms with Crippen LogP contribution in [0.1, 0.15) is 24.4 Å². The molecule has 25 heavy (non-hydrogen) atoms. The largest absolute Gasteiger partial charge is 0.477 e. The van der Waals surface area contributed by atoms with E-state index in [-0.39, 0.29) is 16.2 Å². The van der Waals surface area contributed by atoms with Crippen molar-refractivity contribution in [1.82, 2.24) is 10.2 Å². The molecule has 0 aromatic heterocycles. The molecule has 1 fully saturated rings. The number of carboxylic acid groups (broad SMARTS) is 1. The minimum atomic E-state index is -1.25. The maximum Gasteiger partial charge on any atom is 0.353 e. The summed E-state index contributed by atoms with van der Waals surface area (Å²) in [5.41, 5.74) is 6.35. The van der Waals surface area contributed by atoms with E-state index < -0.39 is 35.9 Å². The van der Waals surface area contributed by atoms with Gasteiger partial charge in [-0.2, -0.15) is 0 Å². The zero-order valence-electron chi connectivity index (χ0n) is 13.1. The molecule has 3 atom stereocenters. The third-order valence-corrected chi connectivity index (χ3v) is 4.69. The average molecular weight is 368 g/mol. The summed E-state index contributed by atoms with van der Waals surface area (Å²) >= 11 is 5.92. The van der Waals surface area contributed by atoms with Crippen molar-refractivity contribution in [2.45, 2.75) is 31.0 Å². The fraction of sp³-hybridized carbons (Fsp3) is 0.312. The molecule has 1 saturated heterocycles. The number of benzene rings is 1. The molecule has 1 aromatic rings. The van der Waals surface area contributed by atoms with Crippen molar-refractivity contribution >= 4 is 29.4 Å². The number of halogens is 1. The Morgan fingerprint density at radius 1 is 1.32 bits per heavy atom. The van der Waals surface area contributed by atoms with E-state index in [9.17, 15) is 19.5 Å². The van der Waals surface area contributed by atoms with Crippen molar-refractivity contribution in [2.75, 3.05) is 0 Å². The molecule has 2 aliphatic rings. The van der Waals surface area contributed by atoms with Crippen molar-refractivity contribution in [2.24, 2.45) is 5.73 Å². The van der Waals surface area contributed by atoms with Crippen molar-refractivity contribution in [3.8, 4) is 0 Å². The molecular formula is C16H18ClN3O5. The van der Waals surface area contributed by atoms with Gasteiger partial charge in [0.15, 0.2) is 0 Å². The summed E-state index contributed by atoms with van der Waals surface area (Å²) in [6.45, 7) is 0. The molecule has 0 bridgehead atoms. The van der Waals surface area contributed by atoms with Crippen LogP contribution in [0.3, 0.4) is 0 Å². The molecule has 3 rings (SSSR count). The topological polar surface area (TPSA) is 144 Å². The van der Waals surface area contributed by atoms with Gasteiger partial charge >= 0.3 is 5.97 Å². The van der Waals surface area contributed by atoms with Crippen molar-refractivity contribution < 1.29 is 25.0 Å². The van der Waals surface area contributed by atoms with Crippen LogP contribution in [0.5, 0.6) is 0 Å². The number of hydrogen-bond donors (Lipinski definition) is 3. The maximum absolute atomic E-state index is 12.3. The Morgan fingerprint density at radius 3 is 2.56 bits per heavy atom. The Morgan fingerprint density at radius 2 is 1.96 bits per heavy atom. The number of nitrogens with zero attached hydrogens (tertiary/aromatic N) is 1. The minimum absolute atomic E-state index is 0. The monoisotopic (exact) mass is 367 g/mol. The quantitative estimate of drug-likeness (QED) is 0.635. The Hall–Kier alpha value is -2.42. The first-order valence-corrected chi connectivity index (χ1v) is 7.85. The van der Waals surface area contributed by atoms with Gasteiger partial charge in [0.2, 0.25) is 5.91 Å². The SMILES string of the molecule is N[C@H](C(=O)N[C@H]1C(=O)N2C(C(=O)O)=C(Cl)CC[C@@H]12)c1ccccc1.O. The predicted molar refractivity (Wildman–Crippen MR) is 89.3 cm³/mol. The van der Waals surface area contributed by atoms with Crippen molar-refractivity contribution in [1.29, 1.82) is 0 Å². The zero-order valence-corrected chi connectivity index (χ0v) is 13.9. The molecule has 2 heterocycles. The number of allylic oxidation sites excluding steroid dienone is 1. The first-order valence-electron chi connectivity index (χ1n) is 7.47. The van der Waals surface area contributed by atoms with E-state index in [0.29, 0.717) is 18.4 Å². The number of aliphatic carboxylic acids is 1. The van der Waals surface area contributed by atoms with Gasteiger partial charge in [-0.25, -0.2) is 4.79 Å². The van der Waals surface area contributed by atoms with Gasteiger partial charge in [0, 0.05) is 5.03 Å². The third kappa shape index (κ3) is 3.23. The molecule has 0 unspecified atom stereocenters. The van der Waals surface area contributed by atoms with E-state index in [2.05, 4.69) is 5.32 Å². The van der Waals surface area contributed by atoms with Crippen LogP contribution in [-0.4, -0.2) is 45.3 Å². The highest BCUT2D eigenvalue weighted by Gasteiger charge is 2.53. The molecule has 0 saturated carbocycles. The van der Waals surface area contributed by atoms with Crippen molar-refractivity contribution in [3.05, 3.63) is 46.6 Å². The van der Waals surface area contributed by atoms with E-state index in [0.717, 1.165) is 4.90 Å². The van der Waals surface area contributed by atoms with Crippen LogP contribution >= 0.6 is 11.6 Å². The standard InChI is InChI=1S/C16H16ClN3O4.H2O/c17-9-6-7-10-12(15(22)20(10)13(9)16(23)24)19-14(21)11(18)8-4-2-1-3-5-8;/h1-5,10-12H,6-7,18H2,(H,19,21)(H,23,24);1H2/t10-,11-,12+;/m0./s1. The molecule has 0 radical (unpaired) electrons. The molecule has 8 nitrogen and oxygen atoms in total. The molecule has 1 aromatic carbocycles. The lowest BCUT2D eigenvalue weighted by Crippen LogP contribution is -2.72. The lowest BCUT2D eigenvalue weighted by molar-refractivity contribution is -0.156. The highest BCUT2D eigenvalue weighted by Crippen LogP contribution is 2.38. The van der Waals surface area contributed by atoms with Crippen LogP contribution in [0.15, 0.2) is 41.1 Å². The number of carbonyl (C=O) groups excluding carboxylic acids is 2. The van der Waals surface area contributed by atoms with Crippen LogP contribution in [0.2, 0.25) is 0 Å². The summed E-state index contributed by atoms with van der Waals surface area (Å²) in [6, 6.07) is 6.74. The van der Waals surface area contributed by atoms with Gasteiger partial charge in [0.05, 0.1) is 6.04 Å². The van der Waals surface area contributed by atoms with Gasteiger partial charge in [0.1, 0.15) is 17.8 Å². The molecule has 134 valence electrons. The van der Waals surface area contributed by atoms with Crippen molar-refractivity contribution in [3.63, 3.8) is 0 Å². The maximum atomic E-state index is 12.3. The summed E-state index contributed by atoms with van der Waals surface area (Å²) < 4.78 is 0. The predicted octanol–water partition coefficient (Wildman–Crippen LogP) is -0.114. The molecule has 0 spiro atoms. The molecule has 9 heteroatoms. The average Bonchev–Trinajstić information content (AvgIpc) is 2.59. The van der Waals surface area contributed by atoms with Crippen LogP contribution in [-0.2, 0) is 14.4 Å². The molecule has 0 aliphatic carbocycles. The zero-order chi connectivity index (χ0) is 17.4. The van der Waals surface area contributed by atoms with E-state index >= 15 is 0 Å². The summed E-state index contributed by atoms with van der Waals surface area (Å²) in [7, 11) is 0. The van der Waals surface area contributed by atoms with Crippen LogP contribution in [0.25, 0.3) is 0 Å². The highest BCUT2D eigenvalue weighted by atomic mass is 35.5. The molecular weight excluding hydrogens is 350 g/mol. The summed E-state index contributed by atoms with van der Waals surface area (Å²) in [6.07, 6.45) is 0.849. The summed E-state index contributed by atoms with van der Waals surface area (Å²) in [4.78, 5) is 37.0. The van der Waals surface area contributed by atoms with Gasteiger partial charge in [-0.05, 0) is 18.4 Å². The lowest BCUT2D eigenvalue weighted by Gasteiger charge is -2.49. The second kappa shape index (κ2) is 7.22. The summed E-state index contributed by atoms with van der Waals surface area (Å²) in [5, 5.41) is 12.0. The van der Waals surface area contributed by atoms with Gasteiger partial charge < -0.3 is 21.6 Å². The Balaban J connectivity index is 0.00000225. The second-order valence-corrected chi connectivity index (χ2v) is 6.20. The number of amides is 2. The number of nitrogens with two attached hydrogens (primary N) is 1.